The maximum absolute atomic E-state index is 15.0. The van der Waals surface area contributed by atoms with Crippen LogP contribution in [0.25, 0.3) is 5.57 Å². The topological polar surface area (TPSA) is 0 Å². The fourth-order valence-electron chi connectivity index (χ4n) is 13.3. The monoisotopic (exact) mass is 916 g/mol. The second kappa shape index (κ2) is 13.6. The van der Waals surface area contributed by atoms with Crippen LogP contribution in [-0.4, -0.2) is 4.21 Å². The van der Waals surface area contributed by atoms with Crippen molar-refractivity contribution in [2.24, 2.45) is 27.6 Å². The molecule has 8 rings (SSSR count). The summed E-state index contributed by atoms with van der Waals surface area (Å²) in [7, 11) is 0. The zero-order chi connectivity index (χ0) is 40.7. The molecule has 9 heteroatoms. The van der Waals surface area contributed by atoms with Gasteiger partial charge in [-0.25, -0.2) is 0 Å². The summed E-state index contributed by atoms with van der Waals surface area (Å²) in [5.41, 5.74) is 3.38. The quantitative estimate of drug-likeness (QED) is 0.229. The van der Waals surface area contributed by atoms with E-state index in [-0.39, 0.29) is 30.7 Å². The number of halogens is 8. The zero-order valence-corrected chi connectivity index (χ0v) is 38.6. The molecule has 1 fully saturated rings. The predicted octanol–water partition coefficient (Wildman–Crippen LogP) is 14.0. The van der Waals surface area contributed by atoms with E-state index < -0.39 is 66.6 Å². The Kier molecular flexibility index (Phi) is 10.5. The van der Waals surface area contributed by atoms with Crippen molar-refractivity contribution in [1.82, 2.24) is 0 Å². The summed E-state index contributed by atoms with van der Waals surface area (Å²) in [5, 5.41) is 0. The van der Waals surface area contributed by atoms with Crippen molar-refractivity contribution in [2.45, 2.75) is 96.5 Å². The van der Waals surface area contributed by atoms with Gasteiger partial charge in [0.2, 0.25) is 0 Å². The molecular weight excluding hydrogens is 865 g/mol. The SMILES string of the molecule is Cl.Cl.[CH2]=[Zr]([C]1=CC=CC1)([c]1cccc(C(F)(F)F)c1)([c]1cccc(C(F)(F)F)c1)[C]1(C)C2=C3Cc4ccccc4C3=C3C=CCCC3C2(C)C(C)(C)C(C)(C)C1(C)C. The molecule has 0 N–H and O–H groups in total. The molecular formula is C49H54Cl2F6Zr. The Bertz CT molecular complexity index is 2370. The van der Waals surface area contributed by atoms with Gasteiger partial charge in [0.15, 0.2) is 0 Å². The van der Waals surface area contributed by atoms with Crippen molar-refractivity contribution in [3.63, 3.8) is 0 Å². The molecule has 0 saturated heterocycles. The van der Waals surface area contributed by atoms with E-state index in [0.29, 0.717) is 19.4 Å². The number of alkyl halides is 6. The van der Waals surface area contributed by atoms with Gasteiger partial charge in [0, 0.05) is 0 Å². The van der Waals surface area contributed by atoms with Gasteiger partial charge in [-0.3, -0.25) is 0 Å². The molecule has 0 aromatic heterocycles. The van der Waals surface area contributed by atoms with E-state index in [0.717, 1.165) is 28.3 Å². The van der Waals surface area contributed by atoms with Gasteiger partial charge in [0.1, 0.15) is 0 Å². The molecule has 3 unspecified atom stereocenters. The summed E-state index contributed by atoms with van der Waals surface area (Å²) in [5.74, 6) is 0.0586. The second-order valence-electron chi connectivity index (χ2n) is 19.2. The zero-order valence-electron chi connectivity index (χ0n) is 34.5. The number of hydrogen-bond donors (Lipinski definition) is 0. The summed E-state index contributed by atoms with van der Waals surface area (Å²) in [6.07, 6.45) is 3.96. The first-order valence-electron chi connectivity index (χ1n) is 19.9. The Hall–Kier alpha value is -2.73. The van der Waals surface area contributed by atoms with Gasteiger partial charge in [-0.2, -0.15) is 0 Å². The fourth-order valence-corrected chi connectivity index (χ4v) is 34.0. The van der Waals surface area contributed by atoms with Crippen LogP contribution in [0.2, 0.25) is 3.12 Å². The molecule has 0 amide bonds. The molecule has 3 aromatic rings. The maximum atomic E-state index is 15.0. The van der Waals surface area contributed by atoms with Crippen LogP contribution in [0, 0.1) is 27.6 Å². The van der Waals surface area contributed by atoms with E-state index in [1.54, 1.807) is 12.1 Å². The summed E-state index contributed by atoms with van der Waals surface area (Å²) in [6.45, 7) is 18.5. The van der Waals surface area contributed by atoms with Crippen LogP contribution in [0.1, 0.15) is 96.9 Å². The minimum absolute atomic E-state index is 0. The molecule has 0 aliphatic heterocycles. The van der Waals surface area contributed by atoms with E-state index in [9.17, 15) is 0 Å². The molecule has 3 aromatic carbocycles. The Morgan fingerprint density at radius 2 is 1.26 bits per heavy atom. The van der Waals surface area contributed by atoms with E-state index in [1.165, 1.54) is 57.7 Å². The van der Waals surface area contributed by atoms with E-state index >= 15 is 26.3 Å². The van der Waals surface area contributed by atoms with E-state index in [2.05, 4.69) is 91.8 Å². The molecule has 0 radical (unpaired) electrons. The van der Waals surface area contributed by atoms with Crippen molar-refractivity contribution in [1.29, 1.82) is 0 Å². The van der Waals surface area contributed by atoms with E-state index in [4.69, 9.17) is 4.21 Å². The number of rotatable bonds is 4. The number of allylic oxidation sites excluding steroid dienone is 10. The van der Waals surface area contributed by atoms with Gasteiger partial charge in [-0.1, -0.05) is 0 Å². The van der Waals surface area contributed by atoms with Crippen molar-refractivity contribution in [2.75, 3.05) is 0 Å². The standard InChI is InChI=1S/C29H37.2C7H4F3.C5H5.CH2.2ClH.Zr/c1-18-25-22-17-19-13-9-10-14-20(19)24(22)21-15-11-12-16-23(21)29(25,8)28(6,7)27(4,5)26(18,2)3;2*8-7(9,10)6-4-2-1-3-5-6;1-2-4-5-3-1;;;;/h9-11,13-15,23H,12,16-17H2,1-8H3;2*1-2,4-5H;1-3H,4H2;1H2;2*1H;. The predicted molar refractivity (Wildman–Crippen MR) is 229 cm³/mol. The Balaban J connectivity index is 0.00000283. The molecule has 58 heavy (non-hydrogen) atoms. The summed E-state index contributed by atoms with van der Waals surface area (Å²) in [6, 6.07) is 19.7. The Labute approximate surface area is 353 Å². The van der Waals surface area contributed by atoms with E-state index in [1.807, 2.05) is 18.2 Å². The fraction of sp³-hybridized carbons (Fsp3) is 0.408. The first kappa shape index (κ1) is 44.8. The van der Waals surface area contributed by atoms with Crippen LogP contribution in [0.5, 0.6) is 0 Å². The molecule has 3 atom stereocenters. The van der Waals surface area contributed by atoms with Gasteiger partial charge in [0.25, 0.3) is 0 Å². The van der Waals surface area contributed by atoms with Gasteiger partial charge < -0.3 is 0 Å². The molecule has 0 heterocycles. The molecule has 0 nitrogen and oxygen atoms in total. The normalized spacial score (nSPS) is 26.8. The molecule has 5 aliphatic carbocycles. The number of hydrogen-bond acceptors (Lipinski definition) is 0. The molecule has 1 saturated carbocycles. The van der Waals surface area contributed by atoms with Crippen molar-refractivity contribution < 1.29 is 44.6 Å². The Morgan fingerprint density at radius 3 is 1.79 bits per heavy atom. The summed E-state index contributed by atoms with van der Waals surface area (Å²) < 4.78 is 96.5. The van der Waals surface area contributed by atoms with Crippen LogP contribution >= 0.6 is 24.8 Å². The average molecular weight is 919 g/mol. The number of fused-ring (bicyclic) bond motifs is 6. The molecule has 0 bridgehead atoms. The van der Waals surface area contributed by atoms with Gasteiger partial charge in [0.05, 0.1) is 0 Å². The third kappa shape index (κ3) is 5.14. The second-order valence-corrected chi connectivity index (χ2v) is 33.2. The van der Waals surface area contributed by atoms with Crippen LogP contribution in [0.15, 0.2) is 123 Å². The summed E-state index contributed by atoms with van der Waals surface area (Å²) in [4.78, 5) is 0. The third-order valence-corrected chi connectivity index (χ3v) is 37.2. The van der Waals surface area contributed by atoms with Crippen molar-refractivity contribution in [3.8, 4) is 0 Å². The van der Waals surface area contributed by atoms with Crippen LogP contribution in [0.4, 0.5) is 26.3 Å². The number of benzene rings is 3. The minimum atomic E-state index is -6.37. The van der Waals surface area contributed by atoms with Crippen molar-refractivity contribution >= 4 is 41.1 Å². The van der Waals surface area contributed by atoms with Crippen molar-refractivity contribution in [3.05, 3.63) is 145 Å². The van der Waals surface area contributed by atoms with Crippen LogP contribution < -0.4 is 6.54 Å². The van der Waals surface area contributed by atoms with Gasteiger partial charge in [-0.05, 0) is 0 Å². The van der Waals surface area contributed by atoms with Gasteiger partial charge in [-0.15, -0.1) is 24.8 Å². The summed E-state index contributed by atoms with van der Waals surface area (Å²) >= 11 is -6.37. The Morgan fingerprint density at radius 1 is 0.690 bits per heavy atom. The third-order valence-electron chi connectivity index (χ3n) is 17.5. The average Bonchev–Trinajstić information content (AvgIpc) is 3.83. The van der Waals surface area contributed by atoms with Gasteiger partial charge >= 0.3 is 331 Å². The first-order valence-corrected chi connectivity index (χ1v) is 26.6. The van der Waals surface area contributed by atoms with Crippen LogP contribution in [0.3, 0.4) is 0 Å². The molecule has 5 aliphatic rings. The van der Waals surface area contributed by atoms with Crippen LogP contribution in [-0.2, 0) is 37.1 Å². The molecule has 310 valence electrons. The molecule has 0 spiro atoms. The first-order chi connectivity index (χ1) is 25.9.